The molecule has 0 fully saturated rings. The van der Waals surface area contributed by atoms with E-state index in [9.17, 15) is 35.2 Å². The number of amides is 1. The number of para-hydroxylation sites is 1. The highest BCUT2D eigenvalue weighted by atomic mass is 32.2. The second-order valence-electron chi connectivity index (χ2n) is 7.45. The van der Waals surface area contributed by atoms with Crippen molar-refractivity contribution in [2.24, 2.45) is 5.41 Å². The molecule has 0 aliphatic carbocycles. The number of hydrogen-bond donors (Lipinski definition) is 2. The van der Waals surface area contributed by atoms with Crippen molar-refractivity contribution >= 4 is 27.3 Å². The van der Waals surface area contributed by atoms with Crippen LogP contribution < -0.4 is 14.8 Å². The van der Waals surface area contributed by atoms with Crippen LogP contribution in [0.5, 0.6) is 5.75 Å². The number of carbonyl (C=O) groups is 1. The number of halogens is 5. The summed E-state index contributed by atoms with van der Waals surface area (Å²) < 4.78 is 94.7. The van der Waals surface area contributed by atoms with Gasteiger partial charge in [0.1, 0.15) is 10.6 Å². The van der Waals surface area contributed by atoms with Gasteiger partial charge in [0.15, 0.2) is 0 Å². The standard InChI is InChI=1S/C19H19F5N2O4S/c1-17(2,3)16(27)25-12-8-10-13(11-9-12)26-31(28,29)15-7-5-4-6-14(15)30-19(23,24)18(20,21)22/h4-11,26H,1-3H3,(H,25,27). The molecule has 0 unspecified atom stereocenters. The lowest BCUT2D eigenvalue weighted by Crippen LogP contribution is -2.42. The summed E-state index contributed by atoms with van der Waals surface area (Å²) in [4.78, 5) is 11.1. The van der Waals surface area contributed by atoms with Crippen molar-refractivity contribution in [2.45, 2.75) is 38.0 Å². The van der Waals surface area contributed by atoms with Crippen LogP contribution in [0.25, 0.3) is 0 Å². The van der Waals surface area contributed by atoms with Gasteiger partial charge >= 0.3 is 12.3 Å². The molecule has 0 aliphatic rings. The maximum absolute atomic E-state index is 13.2. The van der Waals surface area contributed by atoms with E-state index in [1.165, 1.54) is 24.3 Å². The quantitative estimate of drug-likeness (QED) is 0.587. The fourth-order valence-electron chi connectivity index (χ4n) is 2.10. The Kier molecular flexibility index (Phi) is 6.55. The maximum atomic E-state index is 13.2. The Hall–Kier alpha value is -2.89. The number of nitrogens with one attached hydrogen (secondary N) is 2. The van der Waals surface area contributed by atoms with Gasteiger partial charge < -0.3 is 10.1 Å². The summed E-state index contributed by atoms with van der Waals surface area (Å²) in [5.41, 5.74) is -0.315. The molecule has 0 aromatic heterocycles. The summed E-state index contributed by atoms with van der Waals surface area (Å²) in [5.74, 6) is -1.45. The minimum atomic E-state index is -6.04. The monoisotopic (exact) mass is 466 g/mol. The van der Waals surface area contributed by atoms with Gasteiger partial charge in [-0.2, -0.15) is 22.0 Å². The highest BCUT2D eigenvalue weighted by Crippen LogP contribution is 2.39. The molecule has 6 nitrogen and oxygen atoms in total. The van der Waals surface area contributed by atoms with Gasteiger partial charge in [0.25, 0.3) is 10.0 Å². The molecule has 0 spiro atoms. The Morgan fingerprint density at radius 1 is 0.871 bits per heavy atom. The van der Waals surface area contributed by atoms with E-state index in [-0.39, 0.29) is 11.6 Å². The molecular formula is C19H19F5N2O4S. The second kappa shape index (κ2) is 8.33. The molecular weight excluding hydrogens is 447 g/mol. The highest BCUT2D eigenvalue weighted by molar-refractivity contribution is 7.92. The van der Waals surface area contributed by atoms with E-state index in [4.69, 9.17) is 0 Å². The van der Waals surface area contributed by atoms with Crippen molar-refractivity contribution in [1.82, 2.24) is 0 Å². The van der Waals surface area contributed by atoms with Crippen molar-refractivity contribution in [3.05, 3.63) is 48.5 Å². The van der Waals surface area contributed by atoms with Crippen LogP contribution in [0.3, 0.4) is 0 Å². The lowest BCUT2D eigenvalue weighted by Gasteiger charge is -2.21. The van der Waals surface area contributed by atoms with Crippen molar-refractivity contribution in [3.63, 3.8) is 0 Å². The Morgan fingerprint density at radius 2 is 1.39 bits per heavy atom. The Labute approximate surface area is 175 Å². The zero-order valence-electron chi connectivity index (χ0n) is 16.5. The topological polar surface area (TPSA) is 84.5 Å². The largest absolute Gasteiger partial charge is 0.499 e. The van der Waals surface area contributed by atoms with E-state index < -0.39 is 38.4 Å². The molecule has 0 aliphatic heterocycles. The number of carbonyl (C=O) groups excluding carboxylic acids is 1. The number of ether oxygens (including phenoxy) is 1. The van der Waals surface area contributed by atoms with E-state index in [1.807, 2.05) is 0 Å². The molecule has 0 heterocycles. The van der Waals surface area contributed by atoms with E-state index >= 15 is 0 Å². The molecule has 0 atom stereocenters. The van der Waals surface area contributed by atoms with Gasteiger partial charge in [0.05, 0.1) is 0 Å². The average molecular weight is 466 g/mol. The van der Waals surface area contributed by atoms with Crippen LogP contribution in [0.2, 0.25) is 0 Å². The van der Waals surface area contributed by atoms with Crippen LogP contribution in [0.4, 0.5) is 33.3 Å². The zero-order chi connectivity index (χ0) is 23.7. The minimum Gasteiger partial charge on any atom is -0.424 e. The molecule has 2 aromatic rings. The molecule has 170 valence electrons. The van der Waals surface area contributed by atoms with Crippen molar-refractivity contribution in [1.29, 1.82) is 0 Å². The van der Waals surface area contributed by atoms with Crippen molar-refractivity contribution in [2.75, 3.05) is 10.0 Å². The van der Waals surface area contributed by atoms with Gasteiger partial charge in [-0.25, -0.2) is 8.42 Å². The fraction of sp³-hybridized carbons (Fsp3) is 0.316. The summed E-state index contributed by atoms with van der Waals surface area (Å²) >= 11 is 0. The number of rotatable bonds is 6. The van der Waals surface area contributed by atoms with E-state index in [0.29, 0.717) is 11.8 Å². The molecule has 0 saturated carbocycles. The summed E-state index contributed by atoms with van der Waals surface area (Å²) in [7, 11) is -4.58. The molecule has 0 bridgehead atoms. The van der Waals surface area contributed by atoms with Gasteiger partial charge in [-0.15, -0.1) is 0 Å². The molecule has 0 saturated heterocycles. The SMILES string of the molecule is CC(C)(C)C(=O)Nc1ccc(NS(=O)(=O)c2ccccc2OC(F)(F)C(F)(F)F)cc1. The first-order valence-electron chi connectivity index (χ1n) is 8.70. The molecule has 0 radical (unpaired) electrons. The second-order valence-corrected chi connectivity index (χ2v) is 9.10. The first-order valence-corrected chi connectivity index (χ1v) is 10.2. The third kappa shape index (κ3) is 6.06. The average Bonchev–Trinajstić information content (AvgIpc) is 2.61. The van der Waals surface area contributed by atoms with Crippen LogP contribution in [0, 0.1) is 5.41 Å². The van der Waals surface area contributed by atoms with Crippen LogP contribution in [-0.2, 0) is 14.8 Å². The van der Waals surface area contributed by atoms with Crippen molar-refractivity contribution in [3.8, 4) is 5.75 Å². The maximum Gasteiger partial charge on any atom is 0.499 e. The lowest BCUT2D eigenvalue weighted by atomic mass is 9.95. The minimum absolute atomic E-state index is 0.0221. The molecule has 2 aromatic carbocycles. The van der Waals surface area contributed by atoms with E-state index in [0.717, 1.165) is 18.2 Å². The molecule has 31 heavy (non-hydrogen) atoms. The Bertz CT molecular complexity index is 1050. The van der Waals surface area contributed by atoms with Gasteiger partial charge in [-0.3, -0.25) is 9.52 Å². The van der Waals surface area contributed by atoms with Crippen LogP contribution in [-0.4, -0.2) is 26.6 Å². The third-order valence-electron chi connectivity index (χ3n) is 3.78. The molecule has 12 heteroatoms. The number of hydrogen-bond acceptors (Lipinski definition) is 4. The molecule has 2 N–H and O–H groups in total. The normalized spacial score (nSPS) is 12.9. The van der Waals surface area contributed by atoms with E-state index in [2.05, 4.69) is 14.8 Å². The van der Waals surface area contributed by atoms with Gasteiger partial charge in [0, 0.05) is 16.8 Å². The Morgan fingerprint density at radius 3 is 1.90 bits per heavy atom. The number of sulfonamides is 1. The van der Waals surface area contributed by atoms with Gasteiger partial charge in [-0.05, 0) is 36.4 Å². The predicted octanol–water partition coefficient (Wildman–Crippen LogP) is 5.01. The Balaban J connectivity index is 2.25. The summed E-state index contributed by atoms with van der Waals surface area (Å²) in [6.07, 6.45) is -11.6. The number of anilines is 2. The summed E-state index contributed by atoms with van der Waals surface area (Å²) in [6.45, 7) is 5.10. The van der Waals surface area contributed by atoms with Crippen molar-refractivity contribution < 1.29 is 39.9 Å². The predicted molar refractivity (Wildman–Crippen MR) is 103 cm³/mol. The van der Waals surface area contributed by atoms with Gasteiger partial charge in [-0.1, -0.05) is 32.9 Å². The van der Waals surface area contributed by atoms with Gasteiger partial charge in [0.2, 0.25) is 5.91 Å². The van der Waals surface area contributed by atoms with Crippen LogP contribution >= 0.6 is 0 Å². The first-order chi connectivity index (χ1) is 14.0. The van der Waals surface area contributed by atoms with E-state index in [1.54, 1.807) is 20.8 Å². The van der Waals surface area contributed by atoms with Crippen LogP contribution in [0.15, 0.2) is 53.4 Å². The summed E-state index contributed by atoms with van der Waals surface area (Å²) in [6, 6.07) is 9.03. The smallest absolute Gasteiger partial charge is 0.424 e. The molecule has 2 rings (SSSR count). The number of alkyl halides is 5. The summed E-state index contributed by atoms with van der Waals surface area (Å²) in [5, 5.41) is 2.63. The first kappa shape index (κ1) is 24.4. The third-order valence-corrected chi connectivity index (χ3v) is 5.20. The number of benzene rings is 2. The zero-order valence-corrected chi connectivity index (χ0v) is 17.4. The molecule has 1 amide bonds. The fourth-order valence-corrected chi connectivity index (χ4v) is 3.29. The van der Waals surface area contributed by atoms with Crippen LogP contribution in [0.1, 0.15) is 20.8 Å². The lowest BCUT2D eigenvalue weighted by molar-refractivity contribution is -0.361. The highest BCUT2D eigenvalue weighted by Gasteiger charge is 2.61.